The number of carbonyl (C=O) groups is 2. The van der Waals surface area contributed by atoms with Gasteiger partial charge in [-0.05, 0) is 12.8 Å². The molecule has 0 radical (unpaired) electrons. The van der Waals surface area contributed by atoms with Crippen LogP contribution in [-0.2, 0) is 4.79 Å². The predicted octanol–water partition coefficient (Wildman–Crippen LogP) is -0.300. The first-order valence-corrected chi connectivity index (χ1v) is 5.67. The molecule has 3 amide bonds. The monoisotopic (exact) mass is 218 g/mol. The molecule has 0 aromatic heterocycles. The van der Waals surface area contributed by atoms with Gasteiger partial charge < -0.3 is 10.4 Å². The van der Waals surface area contributed by atoms with Gasteiger partial charge in [0.15, 0.2) is 0 Å². The molecule has 0 aromatic carbocycles. The number of nitrogens with one attached hydrogen (secondary N) is 2. The number of carbonyl (C=O) groups excluding carboxylic acids is 2. The Kier molecular flexibility index (Phi) is 4.75. The summed E-state index contributed by atoms with van der Waals surface area (Å²) >= 11 is 1.30. The van der Waals surface area contributed by atoms with Gasteiger partial charge in [0, 0.05) is 11.8 Å². The van der Waals surface area contributed by atoms with Crippen LogP contribution < -0.4 is 10.6 Å². The van der Waals surface area contributed by atoms with E-state index < -0.39 is 6.03 Å². The molecule has 1 saturated carbocycles. The SMILES string of the molecule is O=C(CSCCO)NC(=O)NC1CC1. The van der Waals surface area contributed by atoms with Gasteiger partial charge in [-0.2, -0.15) is 0 Å². The third-order valence-corrected chi connectivity index (χ3v) is 2.57. The summed E-state index contributed by atoms with van der Waals surface area (Å²) in [7, 11) is 0. The summed E-state index contributed by atoms with van der Waals surface area (Å²) in [5.74, 6) is 0.401. The molecule has 1 aliphatic rings. The fourth-order valence-electron chi connectivity index (χ4n) is 0.841. The van der Waals surface area contributed by atoms with Gasteiger partial charge in [-0.25, -0.2) is 4.79 Å². The van der Waals surface area contributed by atoms with E-state index in [9.17, 15) is 9.59 Å². The lowest BCUT2D eigenvalue weighted by atomic mass is 10.6. The van der Waals surface area contributed by atoms with Crippen LogP contribution >= 0.6 is 11.8 Å². The van der Waals surface area contributed by atoms with Gasteiger partial charge in [-0.3, -0.25) is 10.1 Å². The van der Waals surface area contributed by atoms with Gasteiger partial charge in [0.1, 0.15) is 0 Å². The number of aliphatic hydroxyl groups excluding tert-OH is 1. The molecular weight excluding hydrogens is 204 g/mol. The zero-order valence-corrected chi connectivity index (χ0v) is 8.60. The van der Waals surface area contributed by atoms with Crippen LogP contribution in [0.5, 0.6) is 0 Å². The van der Waals surface area contributed by atoms with E-state index in [1.807, 2.05) is 0 Å². The van der Waals surface area contributed by atoms with Crippen molar-refractivity contribution in [2.75, 3.05) is 18.1 Å². The minimum absolute atomic E-state index is 0.0478. The van der Waals surface area contributed by atoms with Crippen molar-refractivity contribution in [3.05, 3.63) is 0 Å². The Hall–Kier alpha value is -0.750. The average molecular weight is 218 g/mol. The van der Waals surface area contributed by atoms with Crippen LogP contribution in [0.3, 0.4) is 0 Å². The second kappa shape index (κ2) is 5.87. The Morgan fingerprint density at radius 1 is 1.43 bits per heavy atom. The number of urea groups is 1. The summed E-state index contributed by atoms with van der Waals surface area (Å²) in [5, 5.41) is 13.3. The molecule has 0 spiro atoms. The van der Waals surface area contributed by atoms with Crippen LogP contribution in [0.15, 0.2) is 0 Å². The Balaban J connectivity index is 2.02. The molecule has 0 atom stereocenters. The smallest absolute Gasteiger partial charge is 0.321 e. The molecule has 0 aromatic rings. The number of hydrogen-bond acceptors (Lipinski definition) is 4. The van der Waals surface area contributed by atoms with Gasteiger partial charge in [0.05, 0.1) is 12.4 Å². The lowest BCUT2D eigenvalue weighted by Crippen LogP contribution is -2.41. The number of amides is 3. The van der Waals surface area contributed by atoms with E-state index in [1.165, 1.54) is 11.8 Å². The minimum atomic E-state index is -0.415. The molecule has 1 rings (SSSR count). The molecule has 0 heterocycles. The van der Waals surface area contributed by atoms with Crippen molar-refractivity contribution in [2.45, 2.75) is 18.9 Å². The molecule has 3 N–H and O–H groups in total. The highest BCUT2D eigenvalue weighted by Crippen LogP contribution is 2.18. The molecule has 1 aliphatic carbocycles. The summed E-state index contributed by atoms with van der Waals surface area (Å²) in [5.41, 5.74) is 0. The predicted molar refractivity (Wildman–Crippen MR) is 54.1 cm³/mol. The molecule has 0 saturated heterocycles. The molecule has 0 unspecified atom stereocenters. The number of hydrogen-bond donors (Lipinski definition) is 3. The van der Waals surface area contributed by atoms with Crippen molar-refractivity contribution in [1.82, 2.24) is 10.6 Å². The summed E-state index contributed by atoms with van der Waals surface area (Å²) in [6.45, 7) is 0.0478. The first kappa shape index (κ1) is 11.3. The fraction of sp³-hybridized carbons (Fsp3) is 0.750. The number of thioether (sulfide) groups is 1. The minimum Gasteiger partial charge on any atom is -0.396 e. The summed E-state index contributed by atoms with van der Waals surface area (Å²) in [6, 6.07) is -0.157. The summed E-state index contributed by atoms with van der Waals surface area (Å²) in [6.07, 6.45) is 2.00. The second-order valence-corrected chi connectivity index (χ2v) is 4.18. The maximum Gasteiger partial charge on any atom is 0.321 e. The fourth-order valence-corrected chi connectivity index (χ4v) is 1.37. The van der Waals surface area contributed by atoms with Crippen molar-refractivity contribution < 1.29 is 14.7 Å². The van der Waals surface area contributed by atoms with Gasteiger partial charge >= 0.3 is 6.03 Å². The molecular formula is C8H14N2O3S. The van der Waals surface area contributed by atoms with Crippen LogP contribution in [0, 0.1) is 0 Å². The van der Waals surface area contributed by atoms with Crippen molar-refractivity contribution >= 4 is 23.7 Å². The Labute approximate surface area is 86.6 Å². The standard InChI is InChI=1S/C8H14N2O3S/c11-3-4-14-5-7(12)10-8(13)9-6-1-2-6/h6,11H,1-5H2,(H2,9,10,12,13). The first-order valence-electron chi connectivity index (χ1n) is 4.51. The average Bonchev–Trinajstić information content (AvgIpc) is 2.88. The third-order valence-electron chi connectivity index (χ3n) is 1.63. The maximum absolute atomic E-state index is 11.1. The number of rotatable bonds is 5. The van der Waals surface area contributed by atoms with Crippen molar-refractivity contribution in [2.24, 2.45) is 0 Å². The molecule has 0 aliphatic heterocycles. The van der Waals surface area contributed by atoms with Crippen LogP contribution in [0.2, 0.25) is 0 Å². The van der Waals surface area contributed by atoms with E-state index in [-0.39, 0.29) is 24.3 Å². The van der Waals surface area contributed by atoms with Crippen molar-refractivity contribution in [1.29, 1.82) is 0 Å². The van der Waals surface area contributed by atoms with E-state index in [1.54, 1.807) is 0 Å². The van der Waals surface area contributed by atoms with Crippen LogP contribution in [0.1, 0.15) is 12.8 Å². The van der Waals surface area contributed by atoms with Gasteiger partial charge in [0.25, 0.3) is 0 Å². The molecule has 0 bridgehead atoms. The molecule has 14 heavy (non-hydrogen) atoms. The highest BCUT2D eigenvalue weighted by molar-refractivity contribution is 7.99. The maximum atomic E-state index is 11.1. The zero-order chi connectivity index (χ0) is 10.4. The van der Waals surface area contributed by atoms with Crippen LogP contribution in [0.25, 0.3) is 0 Å². The highest BCUT2D eigenvalue weighted by Gasteiger charge is 2.23. The number of imide groups is 1. The molecule has 6 heteroatoms. The Morgan fingerprint density at radius 2 is 2.14 bits per heavy atom. The Morgan fingerprint density at radius 3 is 2.71 bits per heavy atom. The van der Waals surface area contributed by atoms with Gasteiger partial charge in [-0.15, -0.1) is 11.8 Å². The van der Waals surface area contributed by atoms with E-state index in [0.717, 1.165) is 12.8 Å². The summed E-state index contributed by atoms with van der Waals surface area (Å²) in [4.78, 5) is 22.1. The van der Waals surface area contributed by atoms with Crippen LogP contribution in [-0.4, -0.2) is 41.2 Å². The van der Waals surface area contributed by atoms with Crippen molar-refractivity contribution in [3.8, 4) is 0 Å². The van der Waals surface area contributed by atoms with Gasteiger partial charge in [-0.1, -0.05) is 0 Å². The topological polar surface area (TPSA) is 78.4 Å². The lowest BCUT2D eigenvalue weighted by molar-refractivity contribution is -0.117. The molecule has 1 fully saturated rings. The van der Waals surface area contributed by atoms with E-state index in [4.69, 9.17) is 5.11 Å². The van der Waals surface area contributed by atoms with E-state index in [2.05, 4.69) is 10.6 Å². The number of aliphatic hydroxyl groups is 1. The second-order valence-electron chi connectivity index (χ2n) is 3.07. The Bertz CT molecular complexity index is 219. The lowest BCUT2D eigenvalue weighted by Gasteiger charge is -2.04. The third kappa shape index (κ3) is 5.08. The quantitative estimate of drug-likeness (QED) is 0.554. The largest absolute Gasteiger partial charge is 0.396 e. The normalized spacial score (nSPS) is 14.9. The molecule has 80 valence electrons. The zero-order valence-electron chi connectivity index (χ0n) is 7.78. The van der Waals surface area contributed by atoms with Crippen molar-refractivity contribution in [3.63, 3.8) is 0 Å². The highest BCUT2D eigenvalue weighted by atomic mass is 32.2. The van der Waals surface area contributed by atoms with Crippen LogP contribution in [0.4, 0.5) is 4.79 Å². The van der Waals surface area contributed by atoms with E-state index in [0.29, 0.717) is 5.75 Å². The first-order chi connectivity index (χ1) is 6.72. The van der Waals surface area contributed by atoms with Gasteiger partial charge in [0.2, 0.25) is 5.91 Å². The molecule has 5 nitrogen and oxygen atoms in total. The summed E-state index contributed by atoms with van der Waals surface area (Å²) < 4.78 is 0. The van der Waals surface area contributed by atoms with E-state index >= 15 is 0 Å².